The molecule has 0 aliphatic carbocycles. The van der Waals surface area contributed by atoms with E-state index in [1.54, 1.807) is 11.3 Å². The summed E-state index contributed by atoms with van der Waals surface area (Å²) in [6, 6.07) is 30.0. The SMILES string of the molecule is C=Cc1cccc(Cc2ccc3ccccc3c2-c2nc3ccccc3s2)c1. The molecule has 0 atom stereocenters. The van der Waals surface area contributed by atoms with Crippen LogP contribution in [0.25, 0.3) is 37.6 Å². The van der Waals surface area contributed by atoms with Gasteiger partial charge in [0.2, 0.25) is 0 Å². The summed E-state index contributed by atoms with van der Waals surface area (Å²) in [6.45, 7) is 3.90. The van der Waals surface area contributed by atoms with Gasteiger partial charge in [-0.3, -0.25) is 0 Å². The molecular formula is C26H19NS. The highest BCUT2D eigenvalue weighted by molar-refractivity contribution is 7.21. The minimum absolute atomic E-state index is 0.873. The van der Waals surface area contributed by atoms with Crippen molar-refractivity contribution in [3.8, 4) is 10.6 Å². The number of fused-ring (bicyclic) bond motifs is 2. The summed E-state index contributed by atoms with van der Waals surface area (Å²) in [5, 5.41) is 3.60. The lowest BCUT2D eigenvalue weighted by Crippen LogP contribution is -1.94. The van der Waals surface area contributed by atoms with Gasteiger partial charge in [0.25, 0.3) is 0 Å². The number of rotatable bonds is 4. The van der Waals surface area contributed by atoms with Gasteiger partial charge in [-0.2, -0.15) is 0 Å². The van der Waals surface area contributed by atoms with Crippen LogP contribution >= 0.6 is 11.3 Å². The molecule has 0 aliphatic heterocycles. The van der Waals surface area contributed by atoms with Crippen molar-refractivity contribution in [2.45, 2.75) is 6.42 Å². The molecule has 0 amide bonds. The molecule has 0 unspecified atom stereocenters. The zero-order valence-corrected chi connectivity index (χ0v) is 16.2. The van der Waals surface area contributed by atoms with E-state index < -0.39 is 0 Å². The maximum Gasteiger partial charge on any atom is 0.125 e. The number of hydrogen-bond acceptors (Lipinski definition) is 2. The van der Waals surface area contributed by atoms with Crippen molar-refractivity contribution in [3.63, 3.8) is 0 Å². The molecule has 0 fully saturated rings. The largest absolute Gasteiger partial charge is 0.236 e. The van der Waals surface area contributed by atoms with Crippen LogP contribution in [0, 0.1) is 0 Å². The van der Waals surface area contributed by atoms with E-state index in [1.165, 1.54) is 32.2 Å². The molecule has 28 heavy (non-hydrogen) atoms. The zero-order valence-electron chi connectivity index (χ0n) is 15.4. The van der Waals surface area contributed by atoms with Gasteiger partial charge in [0.05, 0.1) is 10.2 Å². The molecule has 5 rings (SSSR count). The molecule has 134 valence electrons. The van der Waals surface area contributed by atoms with Gasteiger partial charge < -0.3 is 0 Å². The highest BCUT2D eigenvalue weighted by Crippen LogP contribution is 2.38. The Hall–Kier alpha value is -3.23. The van der Waals surface area contributed by atoms with E-state index in [1.807, 2.05) is 6.08 Å². The van der Waals surface area contributed by atoms with Gasteiger partial charge in [-0.15, -0.1) is 11.3 Å². The minimum Gasteiger partial charge on any atom is -0.236 e. The van der Waals surface area contributed by atoms with Crippen molar-refractivity contribution in [1.29, 1.82) is 0 Å². The smallest absolute Gasteiger partial charge is 0.125 e. The number of hydrogen-bond donors (Lipinski definition) is 0. The molecule has 0 saturated heterocycles. The summed E-state index contributed by atoms with van der Waals surface area (Å²) >= 11 is 1.77. The Morgan fingerprint density at radius 3 is 2.61 bits per heavy atom. The minimum atomic E-state index is 0.873. The third kappa shape index (κ3) is 3.02. The lowest BCUT2D eigenvalue weighted by atomic mass is 9.94. The van der Waals surface area contributed by atoms with Crippen LogP contribution in [0.3, 0.4) is 0 Å². The van der Waals surface area contributed by atoms with Gasteiger partial charge in [-0.25, -0.2) is 4.98 Å². The Balaban J connectivity index is 1.72. The van der Waals surface area contributed by atoms with Crippen LogP contribution < -0.4 is 0 Å². The monoisotopic (exact) mass is 377 g/mol. The second-order valence-electron chi connectivity index (χ2n) is 6.93. The maximum absolute atomic E-state index is 4.97. The fraction of sp³-hybridized carbons (Fsp3) is 0.0385. The van der Waals surface area contributed by atoms with E-state index in [0.717, 1.165) is 22.5 Å². The van der Waals surface area contributed by atoms with E-state index in [9.17, 15) is 0 Å². The Bertz CT molecular complexity index is 1280. The average molecular weight is 378 g/mol. The molecule has 4 aromatic carbocycles. The fourth-order valence-electron chi connectivity index (χ4n) is 3.75. The first-order chi connectivity index (χ1) is 13.8. The fourth-order valence-corrected chi connectivity index (χ4v) is 4.81. The Morgan fingerprint density at radius 2 is 1.71 bits per heavy atom. The van der Waals surface area contributed by atoms with Crippen LogP contribution in [0.5, 0.6) is 0 Å². The molecule has 0 bridgehead atoms. The van der Waals surface area contributed by atoms with E-state index in [2.05, 4.69) is 91.5 Å². The second kappa shape index (κ2) is 7.06. The molecule has 1 heterocycles. The molecule has 0 aliphatic rings. The summed E-state index contributed by atoms with van der Waals surface area (Å²) in [6.07, 6.45) is 2.77. The summed E-state index contributed by atoms with van der Waals surface area (Å²) in [5.74, 6) is 0. The first kappa shape index (κ1) is 16.9. The zero-order chi connectivity index (χ0) is 18.9. The molecule has 1 nitrogen and oxygen atoms in total. The van der Waals surface area contributed by atoms with Gasteiger partial charge in [0.1, 0.15) is 5.01 Å². The highest BCUT2D eigenvalue weighted by atomic mass is 32.1. The number of benzene rings is 4. The molecular weight excluding hydrogens is 358 g/mol. The predicted octanol–water partition coefficient (Wildman–Crippen LogP) is 7.35. The maximum atomic E-state index is 4.97. The topological polar surface area (TPSA) is 12.9 Å². The summed E-state index contributed by atoms with van der Waals surface area (Å²) in [5.41, 5.74) is 6.06. The predicted molar refractivity (Wildman–Crippen MR) is 122 cm³/mol. The van der Waals surface area contributed by atoms with E-state index >= 15 is 0 Å². The van der Waals surface area contributed by atoms with Crippen molar-refractivity contribution in [2.24, 2.45) is 0 Å². The average Bonchev–Trinajstić information content (AvgIpc) is 3.17. The molecule has 1 aromatic heterocycles. The molecule has 2 heteroatoms. The van der Waals surface area contributed by atoms with Crippen molar-refractivity contribution >= 4 is 38.4 Å². The first-order valence-corrected chi connectivity index (χ1v) is 10.2. The van der Waals surface area contributed by atoms with Crippen molar-refractivity contribution < 1.29 is 0 Å². The highest BCUT2D eigenvalue weighted by Gasteiger charge is 2.15. The van der Waals surface area contributed by atoms with Gasteiger partial charge in [0, 0.05) is 5.56 Å². The summed E-state index contributed by atoms with van der Waals surface area (Å²) in [7, 11) is 0. The molecule has 0 saturated carbocycles. The molecule has 5 aromatic rings. The second-order valence-corrected chi connectivity index (χ2v) is 7.96. The van der Waals surface area contributed by atoms with Crippen LogP contribution in [0.15, 0.2) is 91.5 Å². The van der Waals surface area contributed by atoms with E-state index in [0.29, 0.717) is 0 Å². The summed E-state index contributed by atoms with van der Waals surface area (Å²) in [4.78, 5) is 4.97. The number of nitrogens with zero attached hydrogens (tertiary/aromatic N) is 1. The van der Waals surface area contributed by atoms with E-state index in [-0.39, 0.29) is 0 Å². The van der Waals surface area contributed by atoms with Crippen molar-refractivity contribution in [1.82, 2.24) is 4.98 Å². The molecule has 0 spiro atoms. The van der Waals surface area contributed by atoms with Crippen molar-refractivity contribution in [2.75, 3.05) is 0 Å². The Kier molecular flexibility index (Phi) is 4.27. The lowest BCUT2D eigenvalue weighted by Gasteiger charge is -2.12. The van der Waals surface area contributed by atoms with Crippen molar-refractivity contribution in [3.05, 3.63) is 108 Å². The molecule has 0 N–H and O–H groups in total. The van der Waals surface area contributed by atoms with Gasteiger partial charge >= 0.3 is 0 Å². The quantitative estimate of drug-likeness (QED) is 0.319. The van der Waals surface area contributed by atoms with Crippen LogP contribution in [0.4, 0.5) is 0 Å². The first-order valence-electron chi connectivity index (χ1n) is 9.40. The Morgan fingerprint density at radius 1 is 0.857 bits per heavy atom. The Labute approximate surface area is 168 Å². The van der Waals surface area contributed by atoms with Crippen LogP contribution in [0.2, 0.25) is 0 Å². The lowest BCUT2D eigenvalue weighted by molar-refractivity contribution is 1.20. The van der Waals surface area contributed by atoms with Gasteiger partial charge in [0.15, 0.2) is 0 Å². The summed E-state index contributed by atoms with van der Waals surface area (Å²) < 4.78 is 1.23. The third-order valence-electron chi connectivity index (χ3n) is 5.10. The standard InChI is InChI=1S/C26H19NS/c1-2-18-8-7-9-19(16-18)17-21-15-14-20-10-3-4-11-22(20)25(21)26-27-23-12-5-6-13-24(23)28-26/h2-16H,1,17H2. The van der Waals surface area contributed by atoms with Crippen LogP contribution in [-0.2, 0) is 6.42 Å². The van der Waals surface area contributed by atoms with Gasteiger partial charge in [-0.05, 0) is 46.0 Å². The van der Waals surface area contributed by atoms with Crippen LogP contribution in [-0.4, -0.2) is 4.98 Å². The number of para-hydroxylation sites is 1. The molecule has 0 radical (unpaired) electrons. The van der Waals surface area contributed by atoms with E-state index in [4.69, 9.17) is 4.98 Å². The normalized spacial score (nSPS) is 11.1. The number of aromatic nitrogens is 1. The number of thiazole rings is 1. The third-order valence-corrected chi connectivity index (χ3v) is 6.16. The van der Waals surface area contributed by atoms with Gasteiger partial charge in [-0.1, -0.05) is 85.5 Å². The van der Waals surface area contributed by atoms with Crippen LogP contribution in [0.1, 0.15) is 16.7 Å².